The van der Waals surface area contributed by atoms with Gasteiger partial charge >= 0.3 is 0 Å². The van der Waals surface area contributed by atoms with Crippen LogP contribution in [0, 0.1) is 0 Å². The second-order valence-corrected chi connectivity index (χ2v) is 0. The zero-order chi connectivity index (χ0) is 4.00. The van der Waals surface area contributed by atoms with E-state index in [2.05, 4.69) is 0 Å². The predicted molar refractivity (Wildman–Crippen MR) is 36.2 cm³/mol. The molecule has 6 heavy (non-hydrogen) atoms. The Kier molecular flexibility index (Phi) is 0. The second-order valence-electron chi connectivity index (χ2n) is 0. The summed E-state index contributed by atoms with van der Waals surface area (Å²) < 4.78 is 0. The lowest BCUT2D eigenvalue weighted by Gasteiger charge is -1.07. The fourth-order valence-corrected chi connectivity index (χ4v) is 0. The summed E-state index contributed by atoms with van der Waals surface area (Å²) in [6.45, 7) is 8.00. The first-order chi connectivity index (χ1) is 2.00. The molecule has 0 aliphatic carbocycles. The van der Waals surface area contributed by atoms with Crippen LogP contribution in [0.25, 0.3) is 0 Å². The third kappa shape index (κ3) is 0. The average Bonchev–Trinajstić information content (AvgIpc) is 1.50. The van der Waals surface area contributed by atoms with E-state index in [1.54, 1.807) is 0 Å². The lowest BCUT2D eigenvalue weighted by Crippen LogP contribution is -0.856. The summed E-state index contributed by atoms with van der Waals surface area (Å²) in [4.78, 5) is 0. The van der Waals surface area contributed by atoms with Gasteiger partial charge in [0.2, 0.25) is 0 Å². The van der Waals surface area contributed by atoms with E-state index in [0.717, 1.165) is 0 Å². The SMILES string of the molecule is C.C.CC.CC. The van der Waals surface area contributed by atoms with Crippen molar-refractivity contribution in [3.8, 4) is 0 Å². The summed E-state index contributed by atoms with van der Waals surface area (Å²) in [5.41, 5.74) is 0. The monoisotopic (exact) mass is 92.2 g/mol. The first-order valence-corrected chi connectivity index (χ1v) is 2.00. The third-order valence-electron chi connectivity index (χ3n) is 0. The Hall–Kier alpha value is 0. The molecule has 0 heterocycles. The zero-order valence-corrected chi connectivity index (χ0v) is 4.00. The Morgan fingerprint density at radius 1 is 0.500 bits per heavy atom. The first-order valence-electron chi connectivity index (χ1n) is 2.00. The van der Waals surface area contributed by atoms with Crippen molar-refractivity contribution in [2.24, 2.45) is 0 Å². The highest BCUT2D eigenvalue weighted by atomic mass is 13.0. The van der Waals surface area contributed by atoms with Crippen molar-refractivity contribution in [3.63, 3.8) is 0 Å². The number of hydrogen-bond acceptors (Lipinski definition) is 0. The molecule has 0 heteroatoms. The van der Waals surface area contributed by atoms with Gasteiger partial charge in [0.15, 0.2) is 0 Å². The Morgan fingerprint density at radius 2 is 0.500 bits per heavy atom. The molecule has 0 unspecified atom stereocenters. The molecule has 0 aliphatic rings. The molecule has 0 N–H and O–H groups in total. The van der Waals surface area contributed by atoms with Crippen LogP contribution < -0.4 is 0 Å². The van der Waals surface area contributed by atoms with E-state index in [-0.39, 0.29) is 14.9 Å². The maximum absolute atomic E-state index is 2.00. The van der Waals surface area contributed by atoms with Gasteiger partial charge < -0.3 is 0 Å². The van der Waals surface area contributed by atoms with Crippen LogP contribution in [-0.2, 0) is 0 Å². The topological polar surface area (TPSA) is 0 Å². The standard InChI is InChI=1S/2C2H6.2CH4/c2*1-2;;/h2*1-2H3;2*1H4. The molecule has 0 saturated heterocycles. The molecular formula is C6H20. The fraction of sp³-hybridized carbons (Fsp3) is 1.00. The van der Waals surface area contributed by atoms with Gasteiger partial charge in [-0.2, -0.15) is 0 Å². The lowest BCUT2D eigenvalue weighted by atomic mass is 11.0. The lowest BCUT2D eigenvalue weighted by molar-refractivity contribution is 1.50. The maximum atomic E-state index is 2.00. The van der Waals surface area contributed by atoms with E-state index in [0.29, 0.717) is 0 Å². The molecule has 0 radical (unpaired) electrons. The molecule has 0 atom stereocenters. The van der Waals surface area contributed by atoms with Crippen LogP contribution in [-0.4, -0.2) is 0 Å². The van der Waals surface area contributed by atoms with E-state index in [1.807, 2.05) is 27.7 Å². The summed E-state index contributed by atoms with van der Waals surface area (Å²) in [6, 6.07) is 0. The highest BCUT2D eigenvalue weighted by Crippen LogP contribution is 1.15. The Balaban J connectivity index is -0.00000000500. The molecule has 0 spiro atoms. The molecule has 0 aromatic carbocycles. The smallest absolute Gasteiger partial charge is 0.0683 e. The van der Waals surface area contributed by atoms with Crippen LogP contribution >= 0.6 is 0 Å². The Morgan fingerprint density at radius 3 is 0.500 bits per heavy atom. The molecule has 0 fully saturated rings. The number of rotatable bonds is 0. The van der Waals surface area contributed by atoms with Crippen molar-refractivity contribution in [2.75, 3.05) is 0 Å². The molecule has 44 valence electrons. The summed E-state index contributed by atoms with van der Waals surface area (Å²) in [6.07, 6.45) is 0. The number of hydrogen-bond donors (Lipinski definition) is 0. The fourth-order valence-electron chi connectivity index (χ4n) is 0. The van der Waals surface area contributed by atoms with Gasteiger partial charge in [-0.15, -0.1) is 0 Å². The van der Waals surface area contributed by atoms with Gasteiger partial charge in [0.05, 0.1) is 0 Å². The molecule has 0 amide bonds. The molecule has 0 bridgehead atoms. The molecule has 0 saturated carbocycles. The van der Waals surface area contributed by atoms with Crippen molar-refractivity contribution in [1.29, 1.82) is 0 Å². The van der Waals surface area contributed by atoms with Crippen molar-refractivity contribution >= 4 is 0 Å². The second kappa shape index (κ2) is 0. The molecule has 0 nitrogen and oxygen atoms in total. The summed E-state index contributed by atoms with van der Waals surface area (Å²) in [7, 11) is 0. The van der Waals surface area contributed by atoms with Crippen LogP contribution in [0.3, 0.4) is 0 Å². The van der Waals surface area contributed by atoms with Gasteiger partial charge in [-0.1, -0.05) is 42.5 Å². The van der Waals surface area contributed by atoms with Gasteiger partial charge in [0, 0.05) is 0 Å². The van der Waals surface area contributed by atoms with Gasteiger partial charge in [-0.3, -0.25) is 0 Å². The van der Waals surface area contributed by atoms with E-state index >= 15 is 0 Å². The van der Waals surface area contributed by atoms with Crippen LogP contribution in [0.4, 0.5) is 0 Å². The highest BCUT2D eigenvalue weighted by molar-refractivity contribution is 3.51. The van der Waals surface area contributed by atoms with Gasteiger partial charge in [0.1, 0.15) is 0 Å². The Bertz CT molecular complexity index is 0. The van der Waals surface area contributed by atoms with Crippen molar-refractivity contribution in [1.82, 2.24) is 0 Å². The molecule has 0 aromatic rings. The molecule has 0 aromatic heterocycles. The predicted octanol–water partition coefficient (Wildman–Crippen LogP) is 3.32. The highest BCUT2D eigenvalue weighted by Gasteiger charge is 0.934. The van der Waals surface area contributed by atoms with Crippen LogP contribution in [0.15, 0.2) is 0 Å². The minimum Gasteiger partial charge on any atom is -0.0776 e. The Labute approximate surface area is 43.6 Å². The summed E-state index contributed by atoms with van der Waals surface area (Å²) >= 11 is 0. The minimum absolute atomic E-state index is 0. The molecule has 0 rings (SSSR count). The van der Waals surface area contributed by atoms with E-state index in [9.17, 15) is 0 Å². The normalized spacial score (nSPS) is 2.00. The molecule has 0 aliphatic heterocycles. The van der Waals surface area contributed by atoms with Gasteiger partial charge in [-0.25, -0.2) is 0 Å². The maximum Gasteiger partial charge on any atom is -0.0683 e. The van der Waals surface area contributed by atoms with E-state index < -0.39 is 0 Å². The quantitative estimate of drug-likeness (QED) is 0.430. The zero-order valence-electron chi connectivity index (χ0n) is 4.00. The first kappa shape index (κ1) is 37.5. The summed E-state index contributed by atoms with van der Waals surface area (Å²) in [5.74, 6) is 0. The van der Waals surface area contributed by atoms with Gasteiger partial charge in [0.25, 0.3) is 0 Å². The van der Waals surface area contributed by atoms with Crippen molar-refractivity contribution in [2.45, 2.75) is 42.5 Å². The summed E-state index contributed by atoms with van der Waals surface area (Å²) in [5, 5.41) is 0. The average molecular weight is 92.2 g/mol. The van der Waals surface area contributed by atoms with E-state index in [4.69, 9.17) is 0 Å². The van der Waals surface area contributed by atoms with Crippen molar-refractivity contribution in [3.05, 3.63) is 0 Å². The van der Waals surface area contributed by atoms with Crippen LogP contribution in [0.2, 0.25) is 0 Å². The largest absolute Gasteiger partial charge is 0.0776 e. The van der Waals surface area contributed by atoms with Crippen LogP contribution in [0.1, 0.15) is 42.5 Å². The van der Waals surface area contributed by atoms with Crippen molar-refractivity contribution < 1.29 is 0 Å². The minimum atomic E-state index is 0. The van der Waals surface area contributed by atoms with E-state index in [1.165, 1.54) is 0 Å². The van der Waals surface area contributed by atoms with Crippen LogP contribution in [0.5, 0.6) is 0 Å². The molecular weight excluding hydrogens is 72.1 g/mol. The van der Waals surface area contributed by atoms with Gasteiger partial charge in [-0.05, 0) is 0 Å². The third-order valence-corrected chi connectivity index (χ3v) is 0.